The minimum Gasteiger partial charge on any atom is -0.368 e. The van der Waals surface area contributed by atoms with Crippen LogP contribution in [0.15, 0.2) is 22.2 Å². The average molecular weight is 435 g/mol. The molecule has 0 unspecified atom stereocenters. The number of nitrogens with one attached hydrogen (secondary N) is 1. The van der Waals surface area contributed by atoms with E-state index in [1.54, 1.807) is 26.6 Å². The molecule has 2 aromatic rings. The Morgan fingerprint density at radius 2 is 1.97 bits per heavy atom. The second-order valence-electron chi connectivity index (χ2n) is 6.99. The lowest BCUT2D eigenvalue weighted by molar-refractivity contribution is -0.145. The van der Waals surface area contributed by atoms with E-state index >= 15 is 0 Å². The van der Waals surface area contributed by atoms with Crippen molar-refractivity contribution in [3.8, 4) is 0 Å². The molecule has 0 saturated carbocycles. The minimum atomic E-state index is -0.310. The molecule has 2 aliphatic heterocycles. The number of ether oxygens (including phenoxy) is 1. The molecule has 2 saturated heterocycles. The molecule has 29 heavy (non-hydrogen) atoms. The number of nitrogens with zero attached hydrogens (tertiary/aromatic N) is 3. The smallest absolute Gasteiger partial charge is 0.258 e. The molecule has 3 amide bonds. The Kier molecular flexibility index (Phi) is 6.22. The second kappa shape index (κ2) is 9.02. The molecule has 154 valence electrons. The summed E-state index contributed by atoms with van der Waals surface area (Å²) in [5, 5.41) is 8.65. The molecule has 2 aliphatic rings. The predicted molar refractivity (Wildman–Crippen MR) is 110 cm³/mol. The molecular weight excluding hydrogens is 412 g/mol. The van der Waals surface area contributed by atoms with Gasteiger partial charge in [0.2, 0.25) is 5.91 Å². The fraction of sp³-hybridized carbons (Fsp3) is 0.474. The standard InChI is InChI=1S/C19H22N4O4S2/c24-16(22-4-6-23(7-5-22)18(26)15-2-1-8-27-15)10-14-12-29-19(20-14)21-17(25)13-3-9-28-11-13/h3,9,11-12,15H,1-2,4-8,10H2,(H,20,21,25)/t15-/m1/s1. The van der Waals surface area contributed by atoms with Gasteiger partial charge in [-0.2, -0.15) is 11.3 Å². The van der Waals surface area contributed by atoms with Crippen molar-refractivity contribution < 1.29 is 19.1 Å². The summed E-state index contributed by atoms with van der Waals surface area (Å²) in [6.07, 6.45) is 1.59. The van der Waals surface area contributed by atoms with Crippen molar-refractivity contribution >= 4 is 45.5 Å². The van der Waals surface area contributed by atoms with Gasteiger partial charge in [-0.25, -0.2) is 4.98 Å². The lowest BCUT2D eigenvalue weighted by Crippen LogP contribution is -2.53. The van der Waals surface area contributed by atoms with E-state index in [2.05, 4.69) is 10.3 Å². The Labute approximate surface area is 176 Å². The van der Waals surface area contributed by atoms with Gasteiger partial charge < -0.3 is 14.5 Å². The van der Waals surface area contributed by atoms with Gasteiger partial charge in [0, 0.05) is 43.5 Å². The quantitative estimate of drug-likeness (QED) is 0.775. The molecule has 4 heterocycles. The average Bonchev–Trinajstić information content (AvgIpc) is 3.50. The number of carbonyl (C=O) groups excluding carboxylic acids is 3. The first kappa shape index (κ1) is 20.0. The maximum atomic E-state index is 12.6. The molecule has 0 aliphatic carbocycles. The molecule has 0 spiro atoms. The van der Waals surface area contributed by atoms with E-state index in [1.165, 1.54) is 22.7 Å². The molecule has 0 aromatic carbocycles. The Balaban J connectivity index is 1.25. The molecule has 0 bridgehead atoms. The van der Waals surface area contributed by atoms with Crippen molar-refractivity contribution in [2.45, 2.75) is 25.4 Å². The van der Waals surface area contributed by atoms with Crippen molar-refractivity contribution in [3.63, 3.8) is 0 Å². The summed E-state index contributed by atoms with van der Waals surface area (Å²) < 4.78 is 5.47. The van der Waals surface area contributed by atoms with Gasteiger partial charge in [-0.1, -0.05) is 0 Å². The fourth-order valence-electron chi connectivity index (χ4n) is 3.43. The van der Waals surface area contributed by atoms with E-state index < -0.39 is 0 Å². The predicted octanol–water partition coefficient (Wildman–Crippen LogP) is 1.85. The van der Waals surface area contributed by atoms with E-state index in [0.717, 1.165) is 12.8 Å². The summed E-state index contributed by atoms with van der Waals surface area (Å²) in [7, 11) is 0. The van der Waals surface area contributed by atoms with E-state index in [1.807, 2.05) is 5.38 Å². The van der Waals surface area contributed by atoms with Gasteiger partial charge in [0.1, 0.15) is 6.10 Å². The summed E-state index contributed by atoms with van der Waals surface area (Å²) in [5.74, 6) is -0.180. The number of hydrogen-bond donors (Lipinski definition) is 1. The van der Waals surface area contributed by atoms with Crippen molar-refractivity contribution in [3.05, 3.63) is 33.5 Å². The molecule has 2 fully saturated rings. The van der Waals surface area contributed by atoms with Crippen molar-refractivity contribution in [2.75, 3.05) is 38.1 Å². The minimum absolute atomic E-state index is 0.0183. The maximum absolute atomic E-state index is 12.6. The van der Waals surface area contributed by atoms with Gasteiger partial charge >= 0.3 is 0 Å². The Hall–Kier alpha value is -2.30. The molecular formula is C19H22N4O4S2. The highest BCUT2D eigenvalue weighted by Gasteiger charge is 2.31. The highest BCUT2D eigenvalue weighted by molar-refractivity contribution is 7.14. The van der Waals surface area contributed by atoms with Crippen molar-refractivity contribution in [1.82, 2.24) is 14.8 Å². The Bertz CT molecular complexity index is 869. The Morgan fingerprint density at radius 1 is 1.17 bits per heavy atom. The highest BCUT2D eigenvalue weighted by atomic mass is 32.1. The summed E-state index contributed by atoms with van der Waals surface area (Å²) in [6, 6.07) is 1.75. The number of rotatable bonds is 5. The van der Waals surface area contributed by atoms with Crippen LogP contribution in [0.5, 0.6) is 0 Å². The first-order valence-electron chi connectivity index (χ1n) is 9.56. The van der Waals surface area contributed by atoms with Crippen molar-refractivity contribution in [1.29, 1.82) is 0 Å². The third-order valence-electron chi connectivity index (χ3n) is 5.04. The van der Waals surface area contributed by atoms with Gasteiger partial charge in [0.05, 0.1) is 17.7 Å². The SMILES string of the molecule is O=C(Nc1nc(CC(=O)N2CCN(C(=O)[C@H]3CCCO3)CC2)cs1)c1ccsc1. The second-order valence-corrected chi connectivity index (χ2v) is 8.63. The first-order chi connectivity index (χ1) is 14.1. The summed E-state index contributed by atoms with van der Waals surface area (Å²) in [6.45, 7) is 2.75. The summed E-state index contributed by atoms with van der Waals surface area (Å²) >= 11 is 2.76. The number of aromatic nitrogens is 1. The van der Waals surface area contributed by atoms with Crippen LogP contribution in [0.2, 0.25) is 0 Å². The van der Waals surface area contributed by atoms with Gasteiger partial charge in [-0.3, -0.25) is 19.7 Å². The number of amides is 3. The zero-order valence-corrected chi connectivity index (χ0v) is 17.5. The number of piperazine rings is 1. The number of anilines is 1. The van der Waals surface area contributed by atoms with Gasteiger partial charge in [-0.05, 0) is 24.3 Å². The van der Waals surface area contributed by atoms with E-state index in [0.29, 0.717) is 49.2 Å². The lowest BCUT2D eigenvalue weighted by atomic mass is 10.2. The van der Waals surface area contributed by atoms with Crippen LogP contribution in [-0.4, -0.2) is 71.4 Å². The topological polar surface area (TPSA) is 91.8 Å². The maximum Gasteiger partial charge on any atom is 0.258 e. The van der Waals surface area contributed by atoms with Crippen molar-refractivity contribution in [2.24, 2.45) is 0 Å². The normalized spacial score (nSPS) is 19.4. The van der Waals surface area contributed by atoms with Crippen LogP contribution >= 0.6 is 22.7 Å². The van der Waals surface area contributed by atoms with Gasteiger partial charge in [-0.15, -0.1) is 11.3 Å². The fourth-order valence-corrected chi connectivity index (χ4v) is 4.77. The van der Waals surface area contributed by atoms with Gasteiger partial charge in [0.15, 0.2) is 5.13 Å². The number of thiophene rings is 1. The third-order valence-corrected chi connectivity index (χ3v) is 6.53. The van der Waals surface area contributed by atoms with Crippen LogP contribution in [0.3, 0.4) is 0 Å². The first-order valence-corrected chi connectivity index (χ1v) is 11.4. The Morgan fingerprint density at radius 3 is 2.66 bits per heavy atom. The van der Waals surface area contributed by atoms with Crippen LogP contribution in [0.25, 0.3) is 0 Å². The zero-order chi connectivity index (χ0) is 20.2. The molecule has 1 atom stereocenters. The zero-order valence-electron chi connectivity index (χ0n) is 15.8. The largest absolute Gasteiger partial charge is 0.368 e. The molecule has 8 nitrogen and oxygen atoms in total. The lowest BCUT2D eigenvalue weighted by Gasteiger charge is -2.35. The van der Waals surface area contributed by atoms with Crippen LogP contribution in [0.1, 0.15) is 28.9 Å². The van der Waals surface area contributed by atoms with Crippen LogP contribution in [-0.2, 0) is 20.7 Å². The van der Waals surface area contributed by atoms with Crippen LogP contribution in [0, 0.1) is 0 Å². The number of thiazole rings is 1. The van der Waals surface area contributed by atoms with Gasteiger partial charge in [0.25, 0.3) is 11.8 Å². The van der Waals surface area contributed by atoms with E-state index in [9.17, 15) is 14.4 Å². The third kappa shape index (κ3) is 4.82. The number of carbonyl (C=O) groups is 3. The summed E-state index contributed by atoms with van der Waals surface area (Å²) in [5.41, 5.74) is 1.23. The molecule has 0 radical (unpaired) electrons. The number of hydrogen-bond acceptors (Lipinski definition) is 7. The van der Waals surface area contributed by atoms with E-state index in [-0.39, 0.29) is 30.2 Å². The molecule has 4 rings (SSSR count). The highest BCUT2D eigenvalue weighted by Crippen LogP contribution is 2.19. The molecule has 1 N–H and O–H groups in total. The van der Waals surface area contributed by atoms with Crippen LogP contribution in [0.4, 0.5) is 5.13 Å². The van der Waals surface area contributed by atoms with Crippen LogP contribution < -0.4 is 5.32 Å². The molecule has 10 heteroatoms. The van der Waals surface area contributed by atoms with E-state index in [4.69, 9.17) is 4.74 Å². The summed E-state index contributed by atoms with van der Waals surface area (Å²) in [4.78, 5) is 45.0. The molecule has 2 aromatic heterocycles. The monoisotopic (exact) mass is 434 g/mol.